The predicted octanol–water partition coefficient (Wildman–Crippen LogP) is 4.95. The van der Waals surface area contributed by atoms with E-state index in [2.05, 4.69) is 27.7 Å². The minimum Gasteiger partial charge on any atom is -0.373 e. The molecule has 10 nitrogen and oxygen atoms in total. The van der Waals surface area contributed by atoms with Crippen molar-refractivity contribution in [2.75, 3.05) is 65.7 Å². The maximum atomic E-state index is 10.9. The number of rotatable bonds is 19. The summed E-state index contributed by atoms with van der Waals surface area (Å²) in [6, 6.07) is 13.7. The van der Waals surface area contributed by atoms with Crippen LogP contribution < -0.4 is 0 Å². The standard InChI is InChI=1S/C28H44N4O6/c1-5-31(6-2,23-25-9-13-27(14-10-25)29(33)34)17-19-37-21-22-38-20-18-32(7-3,8-4)24-26-11-15-28(16-12-26)30(35)36/h9-16H,5-8,17-24H2,1-4H3/q+2. The lowest BCUT2D eigenvalue weighted by molar-refractivity contribution is -0.938. The van der Waals surface area contributed by atoms with E-state index >= 15 is 0 Å². The van der Waals surface area contributed by atoms with Crippen molar-refractivity contribution >= 4 is 11.4 Å². The van der Waals surface area contributed by atoms with Crippen LogP contribution in [0.2, 0.25) is 0 Å². The number of likely N-dealkylation sites (N-methyl/N-ethyl adjacent to an activating group) is 2. The van der Waals surface area contributed by atoms with Gasteiger partial charge in [0.05, 0.1) is 62.5 Å². The Morgan fingerprint density at radius 1 is 0.579 bits per heavy atom. The lowest BCUT2D eigenvalue weighted by Gasteiger charge is -2.37. The molecule has 0 radical (unpaired) electrons. The third-order valence-corrected chi connectivity index (χ3v) is 7.81. The van der Waals surface area contributed by atoms with Gasteiger partial charge in [0.2, 0.25) is 0 Å². The fraction of sp³-hybridized carbons (Fsp3) is 0.571. The van der Waals surface area contributed by atoms with E-state index in [1.807, 2.05) is 24.3 Å². The molecule has 38 heavy (non-hydrogen) atoms. The highest BCUT2D eigenvalue weighted by atomic mass is 16.6. The molecule has 0 aromatic heterocycles. The monoisotopic (exact) mass is 532 g/mol. The van der Waals surface area contributed by atoms with Crippen molar-refractivity contribution in [3.63, 3.8) is 0 Å². The molecule has 0 spiro atoms. The number of ether oxygens (including phenoxy) is 2. The first-order valence-corrected chi connectivity index (χ1v) is 13.5. The highest BCUT2D eigenvalue weighted by Crippen LogP contribution is 2.19. The second kappa shape index (κ2) is 15.5. The summed E-state index contributed by atoms with van der Waals surface area (Å²) in [6.45, 7) is 18.2. The third kappa shape index (κ3) is 9.43. The highest BCUT2D eigenvalue weighted by molar-refractivity contribution is 5.33. The molecule has 2 aromatic rings. The summed E-state index contributed by atoms with van der Waals surface area (Å²) in [7, 11) is 0. The van der Waals surface area contributed by atoms with Crippen molar-refractivity contribution in [3.8, 4) is 0 Å². The molecule has 0 saturated carbocycles. The van der Waals surface area contributed by atoms with Gasteiger partial charge >= 0.3 is 0 Å². The molecule has 210 valence electrons. The van der Waals surface area contributed by atoms with Crippen LogP contribution in [0.15, 0.2) is 48.5 Å². The summed E-state index contributed by atoms with van der Waals surface area (Å²) in [4.78, 5) is 21.1. The van der Waals surface area contributed by atoms with Crippen LogP contribution in [0, 0.1) is 20.2 Å². The van der Waals surface area contributed by atoms with E-state index in [-0.39, 0.29) is 21.2 Å². The topological polar surface area (TPSA) is 105 Å². The Morgan fingerprint density at radius 3 is 1.16 bits per heavy atom. The molecule has 0 aliphatic heterocycles. The lowest BCUT2D eigenvalue weighted by atomic mass is 10.1. The van der Waals surface area contributed by atoms with E-state index in [9.17, 15) is 20.2 Å². The van der Waals surface area contributed by atoms with E-state index in [4.69, 9.17) is 9.47 Å². The summed E-state index contributed by atoms with van der Waals surface area (Å²) in [5.74, 6) is 0. The SMILES string of the molecule is CC[N+](CC)(CCOCCOCC[N+](CC)(CC)Cc1ccc([N+](=O)[O-])cc1)Cc1ccc([N+](=O)[O-])cc1. The van der Waals surface area contributed by atoms with Crippen LogP contribution >= 0.6 is 0 Å². The van der Waals surface area contributed by atoms with Gasteiger partial charge in [0, 0.05) is 35.4 Å². The van der Waals surface area contributed by atoms with Gasteiger partial charge in [-0.2, -0.15) is 0 Å². The van der Waals surface area contributed by atoms with E-state index in [0.29, 0.717) is 26.4 Å². The lowest BCUT2D eigenvalue weighted by Crippen LogP contribution is -2.49. The van der Waals surface area contributed by atoms with Gasteiger partial charge in [-0.05, 0) is 52.0 Å². The Morgan fingerprint density at radius 2 is 0.895 bits per heavy atom. The van der Waals surface area contributed by atoms with Crippen LogP contribution in [0.1, 0.15) is 38.8 Å². The summed E-state index contributed by atoms with van der Waals surface area (Å²) < 4.78 is 13.5. The van der Waals surface area contributed by atoms with Crippen molar-refractivity contribution in [1.82, 2.24) is 0 Å². The normalized spacial score (nSPS) is 12.0. The quantitative estimate of drug-likeness (QED) is 0.110. The second-order valence-electron chi connectivity index (χ2n) is 9.78. The minimum absolute atomic E-state index is 0.114. The largest absolute Gasteiger partial charge is 0.373 e. The first-order chi connectivity index (χ1) is 18.2. The van der Waals surface area contributed by atoms with Gasteiger partial charge in [-0.25, -0.2) is 0 Å². The van der Waals surface area contributed by atoms with Crippen molar-refractivity contribution in [3.05, 3.63) is 79.9 Å². The van der Waals surface area contributed by atoms with Crippen molar-refractivity contribution in [1.29, 1.82) is 0 Å². The Kier molecular flexibility index (Phi) is 12.8. The Hall–Kier alpha value is -2.92. The fourth-order valence-electron chi connectivity index (χ4n) is 4.74. The second-order valence-corrected chi connectivity index (χ2v) is 9.78. The number of hydrogen-bond donors (Lipinski definition) is 0. The number of nitro benzene ring substituents is 2. The number of nitro groups is 2. The third-order valence-electron chi connectivity index (χ3n) is 7.81. The van der Waals surface area contributed by atoms with Crippen molar-refractivity contribution in [2.24, 2.45) is 0 Å². The molecule has 0 saturated heterocycles. The molecule has 0 aliphatic rings. The van der Waals surface area contributed by atoms with Gasteiger partial charge in [0.25, 0.3) is 11.4 Å². The van der Waals surface area contributed by atoms with Gasteiger partial charge in [0.15, 0.2) is 0 Å². The van der Waals surface area contributed by atoms with Gasteiger partial charge in [0.1, 0.15) is 26.2 Å². The van der Waals surface area contributed by atoms with Gasteiger partial charge in [-0.15, -0.1) is 0 Å². The first kappa shape index (κ1) is 31.3. The zero-order valence-corrected chi connectivity index (χ0v) is 23.3. The highest BCUT2D eigenvalue weighted by Gasteiger charge is 2.25. The molecule has 2 rings (SSSR count). The minimum atomic E-state index is -0.371. The number of benzene rings is 2. The average molecular weight is 533 g/mol. The molecule has 10 heteroatoms. The first-order valence-electron chi connectivity index (χ1n) is 13.5. The summed E-state index contributed by atoms with van der Waals surface area (Å²) in [6.07, 6.45) is 0. The van der Waals surface area contributed by atoms with Crippen molar-refractivity contribution < 1.29 is 28.3 Å². The zero-order valence-electron chi connectivity index (χ0n) is 23.3. The smallest absolute Gasteiger partial charge is 0.269 e. The Labute approximate surface area is 226 Å². The maximum Gasteiger partial charge on any atom is 0.269 e. The number of nitrogens with zero attached hydrogens (tertiary/aromatic N) is 4. The number of quaternary nitrogens is 2. The van der Waals surface area contributed by atoms with Gasteiger partial charge in [-0.1, -0.05) is 0 Å². The van der Waals surface area contributed by atoms with E-state index in [1.54, 1.807) is 24.3 Å². The number of hydrogen-bond acceptors (Lipinski definition) is 6. The zero-order chi connectivity index (χ0) is 28.0. The molecular weight excluding hydrogens is 488 g/mol. The molecule has 0 aliphatic carbocycles. The van der Waals surface area contributed by atoms with E-state index < -0.39 is 0 Å². The van der Waals surface area contributed by atoms with Crippen LogP contribution in [0.5, 0.6) is 0 Å². The molecule has 2 aromatic carbocycles. The Bertz CT molecular complexity index is 908. The molecule has 0 unspecified atom stereocenters. The van der Waals surface area contributed by atoms with Crippen LogP contribution in [0.25, 0.3) is 0 Å². The van der Waals surface area contributed by atoms with Gasteiger partial charge < -0.3 is 18.4 Å². The average Bonchev–Trinajstić information content (AvgIpc) is 2.93. The Balaban J connectivity index is 1.74. The fourth-order valence-corrected chi connectivity index (χ4v) is 4.74. The number of non-ortho nitro benzene ring substituents is 2. The maximum absolute atomic E-state index is 10.9. The predicted molar refractivity (Wildman–Crippen MR) is 148 cm³/mol. The molecule has 0 heterocycles. The molecule has 0 fully saturated rings. The molecule has 0 amide bonds. The summed E-state index contributed by atoms with van der Waals surface area (Å²) in [5.41, 5.74) is 2.40. The van der Waals surface area contributed by atoms with Crippen molar-refractivity contribution in [2.45, 2.75) is 40.8 Å². The van der Waals surface area contributed by atoms with Crippen LogP contribution in [0.3, 0.4) is 0 Å². The molecule has 0 atom stereocenters. The van der Waals surface area contributed by atoms with Crippen LogP contribution in [-0.2, 0) is 22.6 Å². The van der Waals surface area contributed by atoms with E-state index in [1.165, 1.54) is 0 Å². The van der Waals surface area contributed by atoms with Crippen LogP contribution in [0.4, 0.5) is 11.4 Å². The van der Waals surface area contributed by atoms with E-state index in [0.717, 1.165) is 72.5 Å². The molecule has 0 N–H and O–H groups in total. The summed E-state index contributed by atoms with van der Waals surface area (Å²) >= 11 is 0. The van der Waals surface area contributed by atoms with Gasteiger partial charge in [-0.3, -0.25) is 20.2 Å². The van der Waals surface area contributed by atoms with Crippen LogP contribution in [-0.4, -0.2) is 84.5 Å². The molecule has 0 bridgehead atoms. The summed E-state index contributed by atoms with van der Waals surface area (Å²) in [5, 5.41) is 21.8. The molecular formula is C28H44N4O6+2.